The van der Waals surface area contributed by atoms with E-state index in [2.05, 4.69) is 63.1 Å². The lowest BCUT2D eigenvalue weighted by Gasteiger charge is -2.26. The number of imidazole rings is 1. The van der Waals surface area contributed by atoms with E-state index in [9.17, 15) is 0 Å². The molecule has 1 unspecified atom stereocenters. The molecule has 1 atom stereocenters. The second kappa shape index (κ2) is 9.83. The summed E-state index contributed by atoms with van der Waals surface area (Å²) in [6.45, 7) is 3.13. The van der Waals surface area contributed by atoms with E-state index >= 15 is 0 Å². The largest absolute Gasteiger partial charge is 0.348 e. The smallest absolute Gasteiger partial charge is 0.120 e. The molecule has 0 radical (unpaired) electrons. The second-order valence-electron chi connectivity index (χ2n) is 7.79. The Kier molecular flexibility index (Phi) is 6.72. The van der Waals surface area contributed by atoms with Crippen molar-refractivity contribution < 1.29 is 0 Å². The van der Waals surface area contributed by atoms with Crippen LogP contribution < -0.4 is 16.4 Å². The van der Waals surface area contributed by atoms with Gasteiger partial charge in [0.2, 0.25) is 0 Å². The highest BCUT2D eigenvalue weighted by Gasteiger charge is 2.19. The lowest BCUT2D eigenvalue weighted by Crippen LogP contribution is -2.25. The lowest BCUT2D eigenvalue weighted by atomic mass is 9.87. The average molecular weight is 390 g/mol. The number of rotatable bonds is 9. The van der Waals surface area contributed by atoms with Gasteiger partial charge in [0.1, 0.15) is 5.82 Å². The minimum atomic E-state index is 0.451. The molecule has 0 bridgehead atoms. The Hall–Kier alpha value is -2.47. The molecule has 1 aliphatic rings. The predicted octanol–water partition coefficient (Wildman–Crippen LogP) is 3.37. The van der Waals surface area contributed by atoms with Crippen molar-refractivity contribution in [1.29, 1.82) is 0 Å². The van der Waals surface area contributed by atoms with E-state index in [0.717, 1.165) is 31.9 Å². The van der Waals surface area contributed by atoms with Crippen LogP contribution in [-0.2, 0) is 32.5 Å². The molecule has 1 aromatic heterocycles. The summed E-state index contributed by atoms with van der Waals surface area (Å²) in [5.74, 6) is 0.967. The van der Waals surface area contributed by atoms with Gasteiger partial charge in [0.15, 0.2) is 0 Å². The van der Waals surface area contributed by atoms with E-state index in [1.807, 2.05) is 6.20 Å². The maximum absolute atomic E-state index is 5.98. The molecular weight excluding hydrogens is 358 g/mol. The molecule has 0 saturated heterocycles. The van der Waals surface area contributed by atoms with Gasteiger partial charge < -0.3 is 21.4 Å². The van der Waals surface area contributed by atoms with E-state index in [0.29, 0.717) is 12.6 Å². The Bertz CT molecular complexity index is 903. The van der Waals surface area contributed by atoms with Crippen molar-refractivity contribution in [1.82, 2.24) is 20.6 Å². The number of nitrogens with zero attached hydrogens (tertiary/aromatic N) is 1. The molecule has 1 aliphatic carbocycles. The van der Waals surface area contributed by atoms with Crippen molar-refractivity contribution >= 4 is 0 Å². The molecule has 5 N–H and O–H groups in total. The van der Waals surface area contributed by atoms with Crippen molar-refractivity contribution in [3.8, 4) is 0 Å². The molecule has 0 spiro atoms. The van der Waals surface area contributed by atoms with Crippen LogP contribution in [0.15, 0.2) is 54.9 Å². The highest BCUT2D eigenvalue weighted by Crippen LogP contribution is 2.29. The topological polar surface area (TPSA) is 78.8 Å². The second-order valence-corrected chi connectivity index (χ2v) is 7.79. The molecule has 0 amide bonds. The van der Waals surface area contributed by atoms with E-state index in [4.69, 9.17) is 5.73 Å². The molecule has 3 aromatic rings. The van der Waals surface area contributed by atoms with E-state index in [-0.39, 0.29) is 0 Å². The zero-order chi connectivity index (χ0) is 19.9. The third kappa shape index (κ3) is 5.12. The molecule has 1 heterocycles. The lowest BCUT2D eigenvalue weighted by molar-refractivity contribution is 0.459. The minimum absolute atomic E-state index is 0.451. The first-order valence-corrected chi connectivity index (χ1v) is 10.6. The van der Waals surface area contributed by atoms with Gasteiger partial charge in [0, 0.05) is 31.5 Å². The maximum atomic E-state index is 5.98. The monoisotopic (exact) mass is 389 g/mol. The van der Waals surface area contributed by atoms with Gasteiger partial charge in [-0.1, -0.05) is 42.5 Å². The van der Waals surface area contributed by atoms with Crippen molar-refractivity contribution in [3.63, 3.8) is 0 Å². The third-order valence-corrected chi connectivity index (χ3v) is 5.83. The highest BCUT2D eigenvalue weighted by molar-refractivity contribution is 5.34. The normalized spacial score (nSPS) is 16.0. The average Bonchev–Trinajstić information content (AvgIpc) is 3.29. The first-order chi connectivity index (χ1) is 14.3. The Morgan fingerprint density at radius 2 is 2.03 bits per heavy atom. The van der Waals surface area contributed by atoms with Gasteiger partial charge in [-0.25, -0.2) is 4.98 Å². The first-order valence-electron chi connectivity index (χ1n) is 10.6. The Labute approximate surface area is 173 Å². The number of H-pyrrole nitrogens is 1. The van der Waals surface area contributed by atoms with Crippen LogP contribution in [0.3, 0.4) is 0 Å². The van der Waals surface area contributed by atoms with Gasteiger partial charge in [-0.15, -0.1) is 0 Å². The quantitative estimate of drug-likeness (QED) is 0.423. The highest BCUT2D eigenvalue weighted by atomic mass is 15.0. The molecule has 2 aromatic carbocycles. The molecular formula is C24H31N5. The number of aromatic nitrogens is 2. The Morgan fingerprint density at radius 3 is 2.90 bits per heavy atom. The summed E-state index contributed by atoms with van der Waals surface area (Å²) in [5, 5.41) is 7.24. The number of hydrogen-bond acceptors (Lipinski definition) is 4. The van der Waals surface area contributed by atoms with Crippen LogP contribution in [0, 0.1) is 0 Å². The molecule has 152 valence electrons. The van der Waals surface area contributed by atoms with Crippen LogP contribution in [0.1, 0.15) is 52.5 Å². The summed E-state index contributed by atoms with van der Waals surface area (Å²) in [4.78, 5) is 7.37. The zero-order valence-corrected chi connectivity index (χ0v) is 17.0. The predicted molar refractivity (Wildman–Crippen MR) is 117 cm³/mol. The summed E-state index contributed by atoms with van der Waals surface area (Å²) < 4.78 is 0. The van der Waals surface area contributed by atoms with Gasteiger partial charge in [0.05, 0.1) is 6.54 Å². The van der Waals surface area contributed by atoms with E-state index < -0.39 is 0 Å². The Balaban J connectivity index is 1.35. The number of benzene rings is 2. The van der Waals surface area contributed by atoms with Gasteiger partial charge in [-0.05, 0) is 60.0 Å². The number of hydrogen-bond donors (Lipinski definition) is 4. The summed E-state index contributed by atoms with van der Waals surface area (Å²) in [5.41, 5.74) is 12.8. The van der Waals surface area contributed by atoms with Crippen LogP contribution in [0.2, 0.25) is 0 Å². The van der Waals surface area contributed by atoms with Crippen molar-refractivity contribution in [2.45, 2.75) is 51.4 Å². The summed E-state index contributed by atoms with van der Waals surface area (Å²) in [7, 11) is 0. The standard InChI is InChI=1S/C24H31N5/c25-15-21-9-8-18(14-20(21)10-11-26-17-24-27-12-13-28-24)16-29-23-7-3-5-19-4-1-2-6-22(19)23/h1-2,4,6,8-9,12-14,23,26,29H,3,5,7,10-11,15-17,25H2,(H,27,28). The molecule has 5 heteroatoms. The van der Waals surface area contributed by atoms with Crippen molar-refractivity contribution in [3.05, 3.63) is 88.5 Å². The molecule has 5 nitrogen and oxygen atoms in total. The third-order valence-electron chi connectivity index (χ3n) is 5.83. The fraction of sp³-hybridized carbons (Fsp3) is 0.375. The number of nitrogens with one attached hydrogen (secondary N) is 3. The van der Waals surface area contributed by atoms with E-state index in [1.165, 1.54) is 47.1 Å². The van der Waals surface area contributed by atoms with Crippen LogP contribution in [0.4, 0.5) is 0 Å². The molecule has 0 saturated carbocycles. The molecule has 0 aliphatic heterocycles. The first kappa shape index (κ1) is 19.8. The zero-order valence-electron chi connectivity index (χ0n) is 17.0. The number of fused-ring (bicyclic) bond motifs is 1. The Morgan fingerprint density at radius 1 is 1.10 bits per heavy atom. The van der Waals surface area contributed by atoms with Crippen molar-refractivity contribution in [2.75, 3.05) is 6.54 Å². The van der Waals surface area contributed by atoms with Gasteiger partial charge in [0.25, 0.3) is 0 Å². The van der Waals surface area contributed by atoms with Crippen molar-refractivity contribution in [2.24, 2.45) is 5.73 Å². The fourth-order valence-electron chi connectivity index (χ4n) is 4.25. The summed E-state index contributed by atoms with van der Waals surface area (Å²) in [6, 6.07) is 16.0. The van der Waals surface area contributed by atoms with Crippen LogP contribution in [-0.4, -0.2) is 16.5 Å². The van der Waals surface area contributed by atoms with Crippen LogP contribution in [0.25, 0.3) is 0 Å². The SMILES string of the molecule is NCc1ccc(CNC2CCCc3ccccc32)cc1CCNCc1ncc[nH]1. The van der Waals surface area contributed by atoms with Crippen LogP contribution >= 0.6 is 0 Å². The minimum Gasteiger partial charge on any atom is -0.348 e. The summed E-state index contributed by atoms with van der Waals surface area (Å²) >= 11 is 0. The maximum Gasteiger partial charge on any atom is 0.120 e. The van der Waals surface area contributed by atoms with Gasteiger partial charge in [-0.2, -0.15) is 0 Å². The molecule has 0 fully saturated rings. The fourth-order valence-corrected chi connectivity index (χ4v) is 4.25. The molecule has 29 heavy (non-hydrogen) atoms. The number of aromatic amines is 1. The number of aryl methyl sites for hydroxylation is 1. The van der Waals surface area contributed by atoms with Gasteiger partial charge >= 0.3 is 0 Å². The summed E-state index contributed by atoms with van der Waals surface area (Å²) in [6.07, 6.45) is 8.27. The van der Waals surface area contributed by atoms with E-state index in [1.54, 1.807) is 6.20 Å². The molecule has 4 rings (SSSR count). The number of nitrogens with two attached hydrogens (primary N) is 1. The van der Waals surface area contributed by atoms with Crippen LogP contribution in [0.5, 0.6) is 0 Å². The van der Waals surface area contributed by atoms with Gasteiger partial charge in [-0.3, -0.25) is 0 Å².